The second-order valence-corrected chi connectivity index (χ2v) is 2.44. The number of rotatable bonds is 2. The molecule has 1 N–H and O–H groups in total. The van der Waals surface area contributed by atoms with Crippen LogP contribution in [0.2, 0.25) is 0 Å². The fraction of sp³-hybridized carbons (Fsp3) is 0.833. The zero-order chi connectivity index (χ0) is 7.56. The minimum atomic E-state index is -0.222. The van der Waals surface area contributed by atoms with Crippen LogP contribution in [0, 0.1) is 0 Å². The summed E-state index contributed by atoms with van der Waals surface area (Å²) in [5.74, 6) is 0. The Morgan fingerprint density at radius 2 is 2.45 bits per heavy atom. The number of likely N-dealkylation sites (N-methyl/N-ethyl adjacent to an activating group) is 2. The third kappa shape index (κ3) is 2.59. The molecule has 1 fully saturated rings. The van der Waals surface area contributed by atoms with E-state index in [1.54, 1.807) is 11.9 Å². The molecular weight excluding hydrogens is 164 g/mol. The van der Waals surface area contributed by atoms with Crippen molar-refractivity contribution in [3.05, 3.63) is 0 Å². The van der Waals surface area contributed by atoms with Crippen LogP contribution in [0.5, 0.6) is 0 Å². The molecule has 0 aromatic rings. The Kier molecular flexibility index (Phi) is 4.29. The van der Waals surface area contributed by atoms with E-state index < -0.39 is 0 Å². The number of carbonyl (C=O) groups excluding carboxylic acids is 1. The molecule has 1 rings (SSSR count). The first-order valence-corrected chi connectivity index (χ1v) is 3.30. The predicted octanol–water partition coefficient (Wildman–Crippen LogP) is -0.231. The van der Waals surface area contributed by atoms with E-state index in [9.17, 15) is 4.79 Å². The number of ether oxygens (including phenoxy) is 1. The van der Waals surface area contributed by atoms with Gasteiger partial charge in [-0.25, -0.2) is 4.79 Å². The van der Waals surface area contributed by atoms with Crippen LogP contribution in [0.3, 0.4) is 0 Å². The third-order valence-electron chi connectivity index (χ3n) is 1.49. The maximum atomic E-state index is 10.7. The van der Waals surface area contributed by atoms with E-state index in [-0.39, 0.29) is 25.7 Å². The summed E-state index contributed by atoms with van der Waals surface area (Å²) < 4.78 is 4.94. The summed E-state index contributed by atoms with van der Waals surface area (Å²) in [5.41, 5.74) is 0. The lowest BCUT2D eigenvalue weighted by Gasteiger charge is -2.04. The SMILES string of the molecule is CNC[C@H]1CN(C)C(=O)O1.S. The van der Waals surface area contributed by atoms with Gasteiger partial charge in [-0.1, -0.05) is 0 Å². The van der Waals surface area contributed by atoms with E-state index in [4.69, 9.17) is 4.74 Å². The molecule has 0 unspecified atom stereocenters. The number of nitrogens with zero attached hydrogens (tertiary/aromatic N) is 1. The molecule has 1 heterocycles. The molecular formula is C6H14N2O2S. The molecule has 0 spiro atoms. The zero-order valence-corrected chi connectivity index (χ0v) is 7.76. The average molecular weight is 178 g/mol. The molecule has 0 aliphatic carbocycles. The number of hydrogen-bond donors (Lipinski definition) is 1. The van der Waals surface area contributed by atoms with Gasteiger partial charge in [-0.2, -0.15) is 13.5 Å². The molecule has 0 aromatic carbocycles. The molecule has 4 nitrogen and oxygen atoms in total. The van der Waals surface area contributed by atoms with Gasteiger partial charge in [0.05, 0.1) is 6.54 Å². The molecule has 66 valence electrons. The molecule has 0 bridgehead atoms. The largest absolute Gasteiger partial charge is 0.443 e. The van der Waals surface area contributed by atoms with Crippen LogP contribution in [-0.2, 0) is 4.74 Å². The molecule has 0 saturated carbocycles. The first-order chi connectivity index (χ1) is 4.74. The van der Waals surface area contributed by atoms with Crippen molar-refractivity contribution in [2.45, 2.75) is 6.10 Å². The Balaban J connectivity index is 0.000001000. The van der Waals surface area contributed by atoms with Crippen LogP contribution in [0.4, 0.5) is 4.79 Å². The van der Waals surface area contributed by atoms with Crippen LogP contribution in [0.25, 0.3) is 0 Å². The van der Waals surface area contributed by atoms with Crippen molar-refractivity contribution in [3.8, 4) is 0 Å². The molecule has 11 heavy (non-hydrogen) atoms. The highest BCUT2D eigenvalue weighted by Crippen LogP contribution is 2.06. The molecule has 1 aliphatic rings. The fourth-order valence-electron chi connectivity index (χ4n) is 0.984. The maximum absolute atomic E-state index is 10.7. The quantitative estimate of drug-likeness (QED) is 0.635. The van der Waals surface area contributed by atoms with Gasteiger partial charge < -0.3 is 15.0 Å². The molecule has 1 saturated heterocycles. The van der Waals surface area contributed by atoms with Gasteiger partial charge in [0.2, 0.25) is 0 Å². The average Bonchev–Trinajstić information content (AvgIpc) is 2.14. The highest BCUT2D eigenvalue weighted by atomic mass is 32.1. The van der Waals surface area contributed by atoms with Crippen LogP contribution in [0.15, 0.2) is 0 Å². The van der Waals surface area contributed by atoms with Gasteiger partial charge in [-0.3, -0.25) is 0 Å². The van der Waals surface area contributed by atoms with Crippen molar-refractivity contribution in [3.63, 3.8) is 0 Å². The minimum absolute atomic E-state index is 0. The number of amides is 1. The number of nitrogens with one attached hydrogen (secondary N) is 1. The van der Waals surface area contributed by atoms with Gasteiger partial charge in [-0.15, -0.1) is 0 Å². The Morgan fingerprint density at radius 1 is 1.82 bits per heavy atom. The number of carbonyl (C=O) groups is 1. The highest BCUT2D eigenvalue weighted by molar-refractivity contribution is 7.59. The Labute approximate surface area is 73.3 Å². The first-order valence-electron chi connectivity index (χ1n) is 3.30. The second kappa shape index (κ2) is 4.46. The van der Waals surface area contributed by atoms with Crippen molar-refractivity contribution in [1.29, 1.82) is 0 Å². The molecule has 5 heteroatoms. The standard InChI is InChI=1S/C6H12N2O2.H2S/c1-7-3-5-4-8(2)6(9)10-5;/h5,7H,3-4H2,1-2H3;1H2/t5-;/m0./s1. The van der Waals surface area contributed by atoms with Crippen LogP contribution >= 0.6 is 13.5 Å². The second-order valence-electron chi connectivity index (χ2n) is 2.44. The van der Waals surface area contributed by atoms with Crippen LogP contribution in [0.1, 0.15) is 0 Å². The van der Waals surface area contributed by atoms with Crippen LogP contribution < -0.4 is 5.32 Å². The lowest BCUT2D eigenvalue weighted by Crippen LogP contribution is -2.27. The van der Waals surface area contributed by atoms with E-state index in [0.29, 0.717) is 6.54 Å². The van der Waals surface area contributed by atoms with Gasteiger partial charge in [0.25, 0.3) is 0 Å². The predicted molar refractivity (Wildman–Crippen MR) is 47.2 cm³/mol. The lowest BCUT2D eigenvalue weighted by molar-refractivity contribution is 0.134. The van der Waals surface area contributed by atoms with E-state index >= 15 is 0 Å². The topological polar surface area (TPSA) is 41.6 Å². The van der Waals surface area contributed by atoms with E-state index in [1.807, 2.05) is 7.05 Å². The Morgan fingerprint density at radius 3 is 2.82 bits per heavy atom. The van der Waals surface area contributed by atoms with Crippen molar-refractivity contribution in [2.75, 3.05) is 27.2 Å². The van der Waals surface area contributed by atoms with E-state index in [1.165, 1.54) is 0 Å². The summed E-state index contributed by atoms with van der Waals surface area (Å²) in [4.78, 5) is 12.3. The Bertz CT molecular complexity index is 143. The number of cyclic esters (lactones) is 1. The summed E-state index contributed by atoms with van der Waals surface area (Å²) in [6.07, 6.45) is -0.192. The Hall–Kier alpha value is -0.420. The van der Waals surface area contributed by atoms with Crippen LogP contribution in [-0.4, -0.2) is 44.3 Å². The van der Waals surface area contributed by atoms with E-state index in [0.717, 1.165) is 6.54 Å². The molecule has 1 aliphatic heterocycles. The van der Waals surface area contributed by atoms with Gasteiger partial charge in [0.15, 0.2) is 0 Å². The third-order valence-corrected chi connectivity index (χ3v) is 1.49. The van der Waals surface area contributed by atoms with Gasteiger partial charge >= 0.3 is 6.09 Å². The first kappa shape index (κ1) is 10.6. The highest BCUT2D eigenvalue weighted by Gasteiger charge is 2.26. The lowest BCUT2D eigenvalue weighted by atomic mass is 10.3. The van der Waals surface area contributed by atoms with Gasteiger partial charge in [0.1, 0.15) is 6.10 Å². The van der Waals surface area contributed by atoms with Crippen molar-refractivity contribution in [1.82, 2.24) is 10.2 Å². The summed E-state index contributed by atoms with van der Waals surface area (Å²) in [6, 6.07) is 0. The smallest absolute Gasteiger partial charge is 0.410 e. The zero-order valence-electron chi connectivity index (χ0n) is 6.76. The normalized spacial score (nSPS) is 22.9. The molecule has 0 radical (unpaired) electrons. The monoisotopic (exact) mass is 178 g/mol. The molecule has 1 atom stereocenters. The maximum Gasteiger partial charge on any atom is 0.410 e. The van der Waals surface area contributed by atoms with Crippen molar-refractivity contribution in [2.24, 2.45) is 0 Å². The van der Waals surface area contributed by atoms with Gasteiger partial charge in [0, 0.05) is 13.6 Å². The number of hydrogen-bond acceptors (Lipinski definition) is 3. The molecule has 1 amide bonds. The van der Waals surface area contributed by atoms with Gasteiger partial charge in [-0.05, 0) is 7.05 Å². The fourth-order valence-corrected chi connectivity index (χ4v) is 0.984. The summed E-state index contributed by atoms with van der Waals surface area (Å²) in [7, 11) is 3.57. The van der Waals surface area contributed by atoms with Crippen molar-refractivity contribution < 1.29 is 9.53 Å². The molecule has 0 aromatic heterocycles. The van der Waals surface area contributed by atoms with Crippen molar-refractivity contribution >= 4 is 19.6 Å². The summed E-state index contributed by atoms with van der Waals surface area (Å²) in [6.45, 7) is 1.43. The summed E-state index contributed by atoms with van der Waals surface area (Å²) >= 11 is 0. The summed E-state index contributed by atoms with van der Waals surface area (Å²) in [5, 5.41) is 2.95. The minimum Gasteiger partial charge on any atom is -0.443 e. The van der Waals surface area contributed by atoms with E-state index in [2.05, 4.69) is 5.32 Å².